The molecule has 0 radical (unpaired) electrons. The Hall–Kier alpha value is -2.41. The number of aromatic nitrogens is 2. The molecule has 1 N–H and O–H groups in total. The Kier molecular flexibility index (Phi) is 4.76. The number of methoxy groups -OCH3 is 1. The molecule has 2 aromatic heterocycles. The van der Waals surface area contributed by atoms with Crippen molar-refractivity contribution in [1.82, 2.24) is 9.97 Å². The Labute approximate surface area is 146 Å². The van der Waals surface area contributed by atoms with Crippen molar-refractivity contribution in [2.75, 3.05) is 25.6 Å². The van der Waals surface area contributed by atoms with Crippen molar-refractivity contribution in [1.29, 1.82) is 0 Å². The Morgan fingerprint density at radius 1 is 1.36 bits per heavy atom. The summed E-state index contributed by atoms with van der Waals surface area (Å²) in [6.07, 6.45) is 1.99. The summed E-state index contributed by atoms with van der Waals surface area (Å²) in [6, 6.07) is 3.63. The second-order valence-corrected chi connectivity index (χ2v) is 6.99. The maximum atomic E-state index is 12.2. The Morgan fingerprint density at radius 2 is 2.16 bits per heavy atom. The van der Waals surface area contributed by atoms with E-state index in [0.29, 0.717) is 30.3 Å². The van der Waals surface area contributed by atoms with E-state index in [1.807, 2.05) is 26.8 Å². The number of carbonyl (C=O) groups is 1. The van der Waals surface area contributed by atoms with E-state index < -0.39 is 11.7 Å². The standard InChI is InChI=1S/C18H23N3O4/c1-18(2,3)25-17(22)20-13-9-19-12-5-6-14(23-4)21-16(12)15(13)11-7-8-24-10-11/h5-6,9,11H,7-8,10H2,1-4H3,(H,20,22). The van der Waals surface area contributed by atoms with Gasteiger partial charge in [-0.1, -0.05) is 0 Å². The van der Waals surface area contributed by atoms with E-state index in [1.165, 1.54) is 0 Å². The second-order valence-electron chi connectivity index (χ2n) is 6.99. The maximum absolute atomic E-state index is 12.2. The first-order chi connectivity index (χ1) is 11.9. The summed E-state index contributed by atoms with van der Waals surface area (Å²) in [7, 11) is 1.57. The predicted molar refractivity (Wildman–Crippen MR) is 94.1 cm³/mol. The van der Waals surface area contributed by atoms with Crippen LogP contribution < -0.4 is 10.1 Å². The maximum Gasteiger partial charge on any atom is 0.412 e. The van der Waals surface area contributed by atoms with Gasteiger partial charge >= 0.3 is 6.09 Å². The summed E-state index contributed by atoms with van der Waals surface area (Å²) in [5.74, 6) is 0.638. The van der Waals surface area contributed by atoms with Crippen molar-refractivity contribution in [3.8, 4) is 5.88 Å². The Balaban J connectivity index is 2.04. The molecule has 0 aromatic carbocycles. The van der Waals surface area contributed by atoms with Crippen molar-refractivity contribution in [2.45, 2.75) is 38.7 Å². The molecule has 0 bridgehead atoms. The fourth-order valence-corrected chi connectivity index (χ4v) is 2.87. The lowest BCUT2D eigenvalue weighted by atomic mass is 9.96. The van der Waals surface area contributed by atoms with Crippen molar-refractivity contribution >= 4 is 22.8 Å². The van der Waals surface area contributed by atoms with Gasteiger partial charge in [0.25, 0.3) is 0 Å². The average Bonchev–Trinajstić information content (AvgIpc) is 3.06. The van der Waals surface area contributed by atoms with Crippen LogP contribution in [-0.4, -0.2) is 42.0 Å². The van der Waals surface area contributed by atoms with E-state index in [9.17, 15) is 4.79 Å². The van der Waals surface area contributed by atoms with Gasteiger partial charge in [0.2, 0.25) is 5.88 Å². The van der Waals surface area contributed by atoms with Gasteiger partial charge in [-0.05, 0) is 33.3 Å². The summed E-state index contributed by atoms with van der Waals surface area (Å²) in [5, 5.41) is 2.81. The topological polar surface area (TPSA) is 82.6 Å². The van der Waals surface area contributed by atoms with Crippen LogP contribution >= 0.6 is 0 Å². The third kappa shape index (κ3) is 3.99. The van der Waals surface area contributed by atoms with Crippen LogP contribution in [0.15, 0.2) is 18.3 Å². The van der Waals surface area contributed by atoms with Gasteiger partial charge in [-0.25, -0.2) is 9.78 Å². The van der Waals surface area contributed by atoms with Gasteiger partial charge in [-0.15, -0.1) is 0 Å². The minimum atomic E-state index is -0.577. The molecule has 1 fully saturated rings. The first kappa shape index (κ1) is 17.4. The first-order valence-corrected chi connectivity index (χ1v) is 8.29. The number of hydrogen-bond donors (Lipinski definition) is 1. The molecule has 7 nitrogen and oxygen atoms in total. The van der Waals surface area contributed by atoms with Crippen LogP contribution in [0.2, 0.25) is 0 Å². The smallest absolute Gasteiger partial charge is 0.412 e. The zero-order chi connectivity index (χ0) is 18.0. The minimum absolute atomic E-state index is 0.134. The molecule has 3 rings (SSSR count). The number of hydrogen-bond acceptors (Lipinski definition) is 6. The van der Waals surface area contributed by atoms with Gasteiger partial charge in [-0.3, -0.25) is 10.3 Å². The lowest BCUT2D eigenvalue weighted by molar-refractivity contribution is 0.0635. The molecule has 134 valence electrons. The number of carbonyl (C=O) groups excluding carboxylic acids is 1. The number of nitrogens with zero attached hydrogens (tertiary/aromatic N) is 2. The van der Waals surface area contributed by atoms with Crippen LogP contribution in [0.25, 0.3) is 11.0 Å². The molecular formula is C18H23N3O4. The van der Waals surface area contributed by atoms with Gasteiger partial charge in [0.15, 0.2) is 0 Å². The number of pyridine rings is 2. The number of amides is 1. The molecule has 3 heterocycles. The number of fused-ring (bicyclic) bond motifs is 1. The fourth-order valence-electron chi connectivity index (χ4n) is 2.87. The molecule has 0 saturated carbocycles. The van der Waals surface area contributed by atoms with E-state index in [2.05, 4.69) is 15.3 Å². The van der Waals surface area contributed by atoms with Crippen LogP contribution in [0, 0.1) is 0 Å². The Bertz CT molecular complexity index is 780. The lowest BCUT2D eigenvalue weighted by Gasteiger charge is -2.21. The average molecular weight is 345 g/mol. The van der Waals surface area contributed by atoms with Crippen LogP contribution in [0.1, 0.15) is 38.7 Å². The van der Waals surface area contributed by atoms with Crippen LogP contribution in [-0.2, 0) is 9.47 Å². The van der Waals surface area contributed by atoms with E-state index in [0.717, 1.165) is 17.5 Å². The molecule has 1 aliphatic rings. The van der Waals surface area contributed by atoms with E-state index in [4.69, 9.17) is 14.2 Å². The monoisotopic (exact) mass is 345 g/mol. The van der Waals surface area contributed by atoms with E-state index in [1.54, 1.807) is 19.4 Å². The molecule has 1 saturated heterocycles. The van der Waals surface area contributed by atoms with E-state index in [-0.39, 0.29) is 5.92 Å². The molecule has 0 aliphatic carbocycles. The van der Waals surface area contributed by atoms with Gasteiger partial charge in [0, 0.05) is 24.2 Å². The predicted octanol–water partition coefficient (Wildman–Crippen LogP) is 3.49. The third-order valence-corrected chi connectivity index (χ3v) is 3.91. The number of rotatable bonds is 3. The summed E-state index contributed by atoms with van der Waals surface area (Å²) in [5.41, 5.74) is 2.39. The van der Waals surface area contributed by atoms with Crippen molar-refractivity contribution in [3.63, 3.8) is 0 Å². The van der Waals surface area contributed by atoms with Gasteiger partial charge in [0.1, 0.15) is 5.60 Å². The molecule has 0 spiro atoms. The highest BCUT2D eigenvalue weighted by atomic mass is 16.6. The van der Waals surface area contributed by atoms with Crippen LogP contribution in [0.5, 0.6) is 5.88 Å². The highest BCUT2D eigenvalue weighted by Crippen LogP contribution is 2.36. The molecule has 1 amide bonds. The van der Waals surface area contributed by atoms with Crippen LogP contribution in [0.3, 0.4) is 0 Å². The summed E-state index contributed by atoms with van der Waals surface area (Å²) < 4.78 is 16.1. The minimum Gasteiger partial charge on any atom is -0.481 e. The second kappa shape index (κ2) is 6.84. The molecule has 7 heteroatoms. The van der Waals surface area contributed by atoms with Gasteiger partial charge in [-0.2, -0.15) is 0 Å². The van der Waals surface area contributed by atoms with Crippen molar-refractivity contribution < 1.29 is 19.0 Å². The molecular weight excluding hydrogens is 322 g/mol. The highest BCUT2D eigenvalue weighted by molar-refractivity contribution is 5.91. The quantitative estimate of drug-likeness (QED) is 0.917. The normalized spacial score (nSPS) is 17.5. The lowest BCUT2D eigenvalue weighted by Crippen LogP contribution is -2.27. The third-order valence-electron chi connectivity index (χ3n) is 3.91. The zero-order valence-electron chi connectivity index (χ0n) is 15.0. The highest BCUT2D eigenvalue weighted by Gasteiger charge is 2.26. The van der Waals surface area contributed by atoms with Gasteiger partial charge < -0.3 is 14.2 Å². The SMILES string of the molecule is COc1ccc2ncc(NC(=O)OC(C)(C)C)c(C3CCOC3)c2n1. The van der Waals surface area contributed by atoms with Crippen molar-refractivity contribution in [3.05, 3.63) is 23.9 Å². The van der Waals surface area contributed by atoms with E-state index >= 15 is 0 Å². The number of anilines is 1. The number of ether oxygens (including phenoxy) is 3. The molecule has 2 aromatic rings. The molecule has 1 unspecified atom stereocenters. The largest absolute Gasteiger partial charge is 0.481 e. The first-order valence-electron chi connectivity index (χ1n) is 8.29. The fraction of sp³-hybridized carbons (Fsp3) is 0.500. The van der Waals surface area contributed by atoms with Gasteiger partial charge in [0.05, 0.1) is 36.6 Å². The van der Waals surface area contributed by atoms with Crippen molar-refractivity contribution in [2.24, 2.45) is 0 Å². The Morgan fingerprint density at radius 3 is 2.80 bits per heavy atom. The molecule has 1 atom stereocenters. The molecule has 25 heavy (non-hydrogen) atoms. The van der Waals surface area contributed by atoms with Crippen LogP contribution in [0.4, 0.5) is 10.5 Å². The summed E-state index contributed by atoms with van der Waals surface area (Å²) >= 11 is 0. The zero-order valence-corrected chi connectivity index (χ0v) is 15.0. The summed E-state index contributed by atoms with van der Waals surface area (Å²) in [6.45, 7) is 6.74. The molecule has 1 aliphatic heterocycles. The summed E-state index contributed by atoms with van der Waals surface area (Å²) in [4.78, 5) is 21.2. The number of nitrogens with one attached hydrogen (secondary N) is 1.